The summed E-state index contributed by atoms with van der Waals surface area (Å²) in [6.45, 7) is 0.782. The summed E-state index contributed by atoms with van der Waals surface area (Å²) in [6.07, 6.45) is 1.49. The van der Waals surface area contributed by atoms with Crippen molar-refractivity contribution in [2.45, 2.75) is 4.90 Å². The molecule has 0 spiro atoms. The normalized spacial score (nSPS) is 10.8. The van der Waals surface area contributed by atoms with Gasteiger partial charge in [0.05, 0.1) is 5.39 Å². The molecule has 0 fully saturated rings. The molecule has 3 N–H and O–H groups in total. The average Bonchev–Trinajstić information content (AvgIpc) is 2.53. The van der Waals surface area contributed by atoms with Crippen molar-refractivity contribution in [1.29, 1.82) is 0 Å². The van der Waals surface area contributed by atoms with Gasteiger partial charge in [0.25, 0.3) is 0 Å². The molecule has 2 heterocycles. The number of hydrogen-bond donors (Lipinski definition) is 2. The number of hydrogen-bond acceptors (Lipinski definition) is 6. The van der Waals surface area contributed by atoms with Gasteiger partial charge in [-0.3, -0.25) is 0 Å². The zero-order valence-corrected chi connectivity index (χ0v) is 13.2. The van der Waals surface area contributed by atoms with E-state index in [4.69, 9.17) is 17.3 Å². The van der Waals surface area contributed by atoms with Crippen LogP contribution in [0.25, 0.3) is 11.0 Å². The summed E-state index contributed by atoms with van der Waals surface area (Å²) >= 11 is 7.63. The highest BCUT2D eigenvalue weighted by Crippen LogP contribution is 2.21. The van der Waals surface area contributed by atoms with Crippen molar-refractivity contribution in [3.05, 3.63) is 47.7 Å². The Labute approximate surface area is 137 Å². The second-order valence-electron chi connectivity index (χ2n) is 4.56. The quantitative estimate of drug-likeness (QED) is 0.550. The summed E-state index contributed by atoms with van der Waals surface area (Å²) in [4.78, 5) is 13.8. The molecule has 112 valence electrons. The molecule has 0 aliphatic rings. The molecule has 0 saturated carbocycles. The third kappa shape index (κ3) is 3.58. The number of nitrogens with two attached hydrogens (primary N) is 1. The van der Waals surface area contributed by atoms with E-state index in [0.717, 1.165) is 28.5 Å². The number of nitrogens with one attached hydrogen (secondary N) is 1. The number of thioether (sulfide) groups is 1. The lowest BCUT2D eigenvalue weighted by Crippen LogP contribution is -2.07. The fourth-order valence-corrected chi connectivity index (χ4v) is 2.86. The molecule has 0 saturated heterocycles. The predicted octanol–water partition coefficient (Wildman–Crippen LogP) is 3.46. The third-order valence-corrected chi connectivity index (χ3v) is 4.26. The molecule has 0 bridgehead atoms. The second-order valence-corrected chi connectivity index (χ2v) is 6.16. The van der Waals surface area contributed by atoms with Crippen molar-refractivity contribution >= 4 is 46.0 Å². The van der Waals surface area contributed by atoms with Crippen LogP contribution in [-0.4, -0.2) is 27.2 Å². The number of rotatable bonds is 5. The van der Waals surface area contributed by atoms with Crippen LogP contribution in [0.15, 0.2) is 47.6 Å². The molecule has 0 amide bonds. The van der Waals surface area contributed by atoms with Crippen LogP contribution in [0.1, 0.15) is 0 Å². The predicted molar refractivity (Wildman–Crippen MR) is 92.4 cm³/mol. The third-order valence-electron chi connectivity index (χ3n) is 3.00. The van der Waals surface area contributed by atoms with Crippen LogP contribution < -0.4 is 11.1 Å². The van der Waals surface area contributed by atoms with Crippen molar-refractivity contribution < 1.29 is 0 Å². The van der Waals surface area contributed by atoms with E-state index in [1.54, 1.807) is 17.8 Å². The molecule has 3 aromatic rings. The Morgan fingerprint density at radius 3 is 2.73 bits per heavy atom. The Balaban J connectivity index is 1.61. The van der Waals surface area contributed by atoms with Crippen molar-refractivity contribution in [1.82, 2.24) is 15.0 Å². The number of halogens is 1. The molecule has 0 aliphatic heterocycles. The molecule has 0 atom stereocenters. The van der Waals surface area contributed by atoms with E-state index in [-0.39, 0.29) is 0 Å². The zero-order chi connectivity index (χ0) is 15.4. The Hall–Kier alpha value is -2.05. The number of nitrogen functional groups attached to an aromatic ring is 1. The van der Waals surface area contributed by atoms with Gasteiger partial charge in [0.15, 0.2) is 5.65 Å². The van der Waals surface area contributed by atoms with Gasteiger partial charge in [0, 0.05) is 22.2 Å². The minimum absolute atomic E-state index is 0.454. The highest BCUT2D eigenvalue weighted by Gasteiger charge is 2.04. The molecule has 1 aromatic carbocycles. The Morgan fingerprint density at radius 1 is 1.09 bits per heavy atom. The zero-order valence-electron chi connectivity index (χ0n) is 11.7. The summed E-state index contributed by atoms with van der Waals surface area (Å²) in [5, 5.41) is 4.93. The van der Waals surface area contributed by atoms with Crippen molar-refractivity contribution in [3.63, 3.8) is 0 Å². The average molecular weight is 332 g/mol. The second kappa shape index (κ2) is 6.81. The monoisotopic (exact) mass is 331 g/mol. The minimum atomic E-state index is 0.454. The van der Waals surface area contributed by atoms with Crippen LogP contribution in [0.2, 0.25) is 5.02 Å². The van der Waals surface area contributed by atoms with Crippen LogP contribution in [0.5, 0.6) is 0 Å². The number of anilines is 2. The lowest BCUT2D eigenvalue weighted by Gasteiger charge is -2.08. The Morgan fingerprint density at radius 2 is 1.91 bits per heavy atom. The van der Waals surface area contributed by atoms with Gasteiger partial charge >= 0.3 is 0 Å². The summed E-state index contributed by atoms with van der Waals surface area (Å²) in [5.74, 6) is 2.14. The highest BCUT2D eigenvalue weighted by atomic mass is 35.5. The first-order valence-electron chi connectivity index (χ1n) is 6.72. The van der Waals surface area contributed by atoms with Gasteiger partial charge in [-0.2, -0.15) is 0 Å². The van der Waals surface area contributed by atoms with Crippen molar-refractivity contribution in [3.8, 4) is 0 Å². The van der Waals surface area contributed by atoms with Gasteiger partial charge in [-0.1, -0.05) is 11.6 Å². The molecular formula is C15H14ClN5S. The molecule has 22 heavy (non-hydrogen) atoms. The van der Waals surface area contributed by atoms with Gasteiger partial charge in [-0.15, -0.1) is 11.8 Å². The first-order chi connectivity index (χ1) is 10.7. The summed E-state index contributed by atoms with van der Waals surface area (Å²) < 4.78 is 0. The SMILES string of the molecule is Nc1ccc2c(NCCSc3ccc(Cl)cc3)ncnc2n1. The first-order valence-corrected chi connectivity index (χ1v) is 8.08. The number of pyridine rings is 1. The maximum Gasteiger partial charge on any atom is 0.166 e. The molecule has 0 aliphatic carbocycles. The summed E-state index contributed by atoms with van der Waals surface area (Å²) in [5.41, 5.74) is 6.27. The Bertz CT molecular complexity index is 778. The van der Waals surface area contributed by atoms with E-state index in [9.17, 15) is 0 Å². The number of benzene rings is 1. The molecule has 5 nitrogen and oxygen atoms in total. The smallest absolute Gasteiger partial charge is 0.166 e. The van der Waals surface area contributed by atoms with Crippen LogP contribution >= 0.6 is 23.4 Å². The van der Waals surface area contributed by atoms with Gasteiger partial charge in [-0.25, -0.2) is 15.0 Å². The van der Waals surface area contributed by atoms with E-state index in [1.165, 1.54) is 11.2 Å². The van der Waals surface area contributed by atoms with E-state index in [1.807, 2.05) is 30.3 Å². The van der Waals surface area contributed by atoms with E-state index >= 15 is 0 Å². The molecule has 0 radical (unpaired) electrons. The maximum absolute atomic E-state index is 5.87. The molecule has 2 aromatic heterocycles. The number of nitrogens with zero attached hydrogens (tertiary/aromatic N) is 3. The fourth-order valence-electron chi connectivity index (χ4n) is 1.97. The minimum Gasteiger partial charge on any atom is -0.384 e. The summed E-state index contributed by atoms with van der Waals surface area (Å²) in [6, 6.07) is 11.4. The molecule has 7 heteroatoms. The summed E-state index contributed by atoms with van der Waals surface area (Å²) in [7, 11) is 0. The molecule has 3 rings (SSSR count). The fraction of sp³-hybridized carbons (Fsp3) is 0.133. The standard InChI is InChI=1S/C15H14ClN5S/c16-10-1-3-11(4-2-10)22-8-7-18-14-12-5-6-13(17)21-15(12)20-9-19-14/h1-6,9H,7-8H2,(H3,17,18,19,20,21). The van der Waals surface area contributed by atoms with Gasteiger partial charge in [-0.05, 0) is 36.4 Å². The van der Waals surface area contributed by atoms with Crippen molar-refractivity contribution in [2.75, 3.05) is 23.3 Å². The largest absolute Gasteiger partial charge is 0.384 e. The van der Waals surface area contributed by atoms with E-state index in [0.29, 0.717) is 11.5 Å². The topological polar surface area (TPSA) is 76.7 Å². The maximum atomic E-state index is 5.87. The van der Waals surface area contributed by atoms with Crippen LogP contribution in [0, 0.1) is 0 Å². The van der Waals surface area contributed by atoms with Crippen LogP contribution in [0.3, 0.4) is 0 Å². The van der Waals surface area contributed by atoms with Gasteiger partial charge in [0.1, 0.15) is 18.0 Å². The van der Waals surface area contributed by atoms with Gasteiger partial charge in [0.2, 0.25) is 0 Å². The van der Waals surface area contributed by atoms with Crippen LogP contribution in [0.4, 0.5) is 11.6 Å². The van der Waals surface area contributed by atoms with E-state index in [2.05, 4.69) is 20.3 Å². The first kappa shape index (κ1) is 14.9. The van der Waals surface area contributed by atoms with E-state index < -0.39 is 0 Å². The highest BCUT2D eigenvalue weighted by molar-refractivity contribution is 7.99. The van der Waals surface area contributed by atoms with Crippen LogP contribution in [-0.2, 0) is 0 Å². The number of fused-ring (bicyclic) bond motifs is 1. The Kier molecular flexibility index (Phi) is 4.60. The van der Waals surface area contributed by atoms with Crippen molar-refractivity contribution in [2.24, 2.45) is 0 Å². The molecule has 0 unspecified atom stereocenters. The number of aromatic nitrogens is 3. The van der Waals surface area contributed by atoms with Gasteiger partial charge < -0.3 is 11.1 Å². The lowest BCUT2D eigenvalue weighted by molar-refractivity contribution is 1.13. The molecular weight excluding hydrogens is 318 g/mol. The lowest BCUT2D eigenvalue weighted by atomic mass is 10.3.